The van der Waals surface area contributed by atoms with E-state index in [0.717, 1.165) is 11.1 Å². The molecule has 4 N–H and O–H groups in total. The van der Waals surface area contributed by atoms with E-state index in [1.54, 1.807) is 29.2 Å². The summed E-state index contributed by atoms with van der Waals surface area (Å²) in [5.41, 5.74) is 8.42. The number of nitrogens with one attached hydrogen (secondary N) is 2. The average Bonchev–Trinajstić information content (AvgIpc) is 3.09. The summed E-state index contributed by atoms with van der Waals surface area (Å²) in [5, 5.41) is 5.51. The third-order valence-electron chi connectivity index (χ3n) is 4.94. The maximum absolute atomic E-state index is 12.8. The molecule has 0 spiro atoms. The SMILES string of the molecule is Cc1ccc(CN2CC(C(=O)Nc3ccccc3C(=O)NCCN)CC2=O)cc1.Cl. The second-order valence-electron chi connectivity index (χ2n) is 7.24. The summed E-state index contributed by atoms with van der Waals surface area (Å²) in [4.78, 5) is 39.1. The monoisotopic (exact) mass is 430 g/mol. The van der Waals surface area contributed by atoms with Gasteiger partial charge >= 0.3 is 0 Å². The highest BCUT2D eigenvalue weighted by Gasteiger charge is 2.34. The van der Waals surface area contributed by atoms with Gasteiger partial charge in [-0.3, -0.25) is 14.4 Å². The summed E-state index contributed by atoms with van der Waals surface area (Å²) < 4.78 is 0. The molecule has 2 aromatic carbocycles. The van der Waals surface area contributed by atoms with Crippen LogP contribution in [0.25, 0.3) is 0 Å². The Labute approximate surface area is 182 Å². The molecule has 1 unspecified atom stereocenters. The quantitative estimate of drug-likeness (QED) is 0.625. The molecule has 1 aliphatic rings. The molecule has 1 atom stereocenters. The molecule has 0 radical (unpaired) electrons. The summed E-state index contributed by atoms with van der Waals surface area (Å²) in [6.07, 6.45) is 0.166. The molecule has 0 saturated carbocycles. The molecule has 1 aliphatic heterocycles. The van der Waals surface area contributed by atoms with Crippen LogP contribution in [0.15, 0.2) is 48.5 Å². The summed E-state index contributed by atoms with van der Waals surface area (Å²) in [6.45, 7) is 3.55. The highest BCUT2D eigenvalue weighted by Crippen LogP contribution is 2.23. The van der Waals surface area contributed by atoms with E-state index in [0.29, 0.717) is 37.4 Å². The van der Waals surface area contributed by atoms with Gasteiger partial charge in [0.05, 0.1) is 17.2 Å². The lowest BCUT2D eigenvalue weighted by Gasteiger charge is -2.17. The Hall–Kier alpha value is -2.90. The van der Waals surface area contributed by atoms with E-state index in [9.17, 15) is 14.4 Å². The van der Waals surface area contributed by atoms with Gasteiger partial charge in [-0.1, -0.05) is 42.0 Å². The zero-order valence-electron chi connectivity index (χ0n) is 16.9. The number of benzene rings is 2. The van der Waals surface area contributed by atoms with Crippen molar-refractivity contribution in [3.8, 4) is 0 Å². The number of para-hydroxylation sites is 1. The van der Waals surface area contributed by atoms with Crippen LogP contribution in [0.3, 0.4) is 0 Å². The largest absolute Gasteiger partial charge is 0.351 e. The first-order chi connectivity index (χ1) is 14.0. The van der Waals surface area contributed by atoms with Gasteiger partial charge < -0.3 is 21.3 Å². The normalized spacial score (nSPS) is 15.5. The van der Waals surface area contributed by atoms with Crippen LogP contribution >= 0.6 is 12.4 Å². The van der Waals surface area contributed by atoms with Crippen LogP contribution < -0.4 is 16.4 Å². The highest BCUT2D eigenvalue weighted by molar-refractivity contribution is 6.05. The van der Waals surface area contributed by atoms with E-state index in [1.165, 1.54) is 0 Å². The maximum Gasteiger partial charge on any atom is 0.253 e. The standard InChI is InChI=1S/C22H26N4O3.ClH/c1-15-6-8-16(9-7-15)13-26-14-17(12-20(26)27)21(28)25-19-5-3-2-4-18(19)22(29)24-11-10-23;/h2-9,17H,10-14,23H2,1H3,(H,24,29)(H,25,28);1H. The fourth-order valence-electron chi connectivity index (χ4n) is 3.32. The molecule has 30 heavy (non-hydrogen) atoms. The Morgan fingerprint density at radius 1 is 1.13 bits per heavy atom. The minimum atomic E-state index is -0.451. The van der Waals surface area contributed by atoms with E-state index < -0.39 is 5.92 Å². The molecule has 160 valence electrons. The predicted octanol–water partition coefficient (Wildman–Crippen LogP) is 2.09. The van der Waals surface area contributed by atoms with Gasteiger partial charge in [-0.05, 0) is 24.6 Å². The lowest BCUT2D eigenvalue weighted by atomic mass is 10.1. The van der Waals surface area contributed by atoms with Crippen LogP contribution in [-0.4, -0.2) is 42.3 Å². The second-order valence-corrected chi connectivity index (χ2v) is 7.24. The van der Waals surface area contributed by atoms with Crippen molar-refractivity contribution in [1.29, 1.82) is 0 Å². The lowest BCUT2D eigenvalue weighted by Crippen LogP contribution is -2.31. The van der Waals surface area contributed by atoms with E-state index in [1.807, 2.05) is 31.2 Å². The van der Waals surface area contributed by atoms with E-state index >= 15 is 0 Å². The molecule has 1 fully saturated rings. The Morgan fingerprint density at radius 3 is 2.53 bits per heavy atom. The molecule has 0 bridgehead atoms. The van der Waals surface area contributed by atoms with Crippen molar-refractivity contribution in [2.45, 2.75) is 19.9 Å². The van der Waals surface area contributed by atoms with Crippen LogP contribution in [-0.2, 0) is 16.1 Å². The van der Waals surface area contributed by atoms with Crippen molar-refractivity contribution >= 4 is 35.8 Å². The molecule has 1 heterocycles. The summed E-state index contributed by atoms with van der Waals surface area (Å²) in [5.74, 6) is -1.05. The molecule has 8 heteroatoms. The molecular formula is C22H27ClN4O3. The Kier molecular flexibility index (Phi) is 8.38. The third-order valence-corrected chi connectivity index (χ3v) is 4.94. The summed E-state index contributed by atoms with van der Waals surface area (Å²) >= 11 is 0. The van der Waals surface area contributed by atoms with Crippen LogP contribution in [0.1, 0.15) is 27.9 Å². The van der Waals surface area contributed by atoms with Crippen molar-refractivity contribution < 1.29 is 14.4 Å². The summed E-state index contributed by atoms with van der Waals surface area (Å²) in [6, 6.07) is 14.8. The van der Waals surface area contributed by atoms with Crippen LogP contribution in [0.2, 0.25) is 0 Å². The average molecular weight is 431 g/mol. The van der Waals surface area contributed by atoms with Crippen LogP contribution in [0, 0.1) is 12.8 Å². The lowest BCUT2D eigenvalue weighted by molar-refractivity contribution is -0.128. The number of hydrogen-bond donors (Lipinski definition) is 3. The zero-order valence-corrected chi connectivity index (χ0v) is 17.7. The first-order valence-electron chi connectivity index (χ1n) is 9.69. The van der Waals surface area contributed by atoms with Crippen LogP contribution in [0.5, 0.6) is 0 Å². The Bertz CT molecular complexity index is 902. The predicted molar refractivity (Wildman–Crippen MR) is 118 cm³/mol. The molecule has 3 rings (SSSR count). The molecule has 2 aromatic rings. The number of likely N-dealkylation sites (tertiary alicyclic amines) is 1. The number of rotatable bonds is 7. The molecular weight excluding hydrogens is 404 g/mol. The minimum absolute atomic E-state index is 0. The highest BCUT2D eigenvalue weighted by atomic mass is 35.5. The van der Waals surface area contributed by atoms with Gasteiger partial charge in [-0.25, -0.2) is 0 Å². The molecule has 7 nitrogen and oxygen atoms in total. The molecule has 3 amide bonds. The number of nitrogens with two attached hydrogens (primary N) is 1. The number of anilines is 1. The fraction of sp³-hybridized carbons (Fsp3) is 0.318. The van der Waals surface area contributed by atoms with E-state index in [4.69, 9.17) is 5.73 Å². The number of halogens is 1. The second kappa shape index (κ2) is 10.8. The van der Waals surface area contributed by atoms with Gasteiger partial charge in [0.1, 0.15) is 0 Å². The van der Waals surface area contributed by atoms with Gasteiger partial charge in [0.25, 0.3) is 5.91 Å². The number of carbonyl (C=O) groups is 3. The smallest absolute Gasteiger partial charge is 0.253 e. The van der Waals surface area contributed by atoms with Crippen molar-refractivity contribution in [3.63, 3.8) is 0 Å². The summed E-state index contributed by atoms with van der Waals surface area (Å²) in [7, 11) is 0. The van der Waals surface area contributed by atoms with Gasteiger partial charge in [0.2, 0.25) is 11.8 Å². The van der Waals surface area contributed by atoms with Crippen LogP contribution in [0.4, 0.5) is 5.69 Å². The Morgan fingerprint density at radius 2 is 1.83 bits per heavy atom. The number of amides is 3. The van der Waals surface area contributed by atoms with Gasteiger partial charge in [0, 0.05) is 32.6 Å². The number of aryl methyl sites for hydroxylation is 1. The topological polar surface area (TPSA) is 105 Å². The van der Waals surface area contributed by atoms with E-state index in [-0.39, 0.29) is 36.5 Å². The first kappa shape index (κ1) is 23.4. The fourth-order valence-corrected chi connectivity index (χ4v) is 3.32. The number of carbonyl (C=O) groups excluding carboxylic acids is 3. The molecule has 1 saturated heterocycles. The third kappa shape index (κ3) is 5.81. The maximum atomic E-state index is 12.8. The van der Waals surface area contributed by atoms with Gasteiger partial charge in [-0.2, -0.15) is 0 Å². The van der Waals surface area contributed by atoms with Gasteiger partial charge in [-0.15, -0.1) is 12.4 Å². The number of hydrogen-bond acceptors (Lipinski definition) is 4. The van der Waals surface area contributed by atoms with Crippen molar-refractivity contribution in [1.82, 2.24) is 10.2 Å². The van der Waals surface area contributed by atoms with Crippen molar-refractivity contribution in [3.05, 3.63) is 65.2 Å². The zero-order chi connectivity index (χ0) is 20.8. The van der Waals surface area contributed by atoms with Crippen molar-refractivity contribution in [2.75, 3.05) is 25.0 Å². The first-order valence-corrected chi connectivity index (χ1v) is 9.69. The van der Waals surface area contributed by atoms with Crippen molar-refractivity contribution in [2.24, 2.45) is 11.7 Å². The minimum Gasteiger partial charge on any atom is -0.351 e. The van der Waals surface area contributed by atoms with Gasteiger partial charge in [0.15, 0.2) is 0 Å². The molecule has 0 aromatic heterocycles. The molecule has 0 aliphatic carbocycles. The van der Waals surface area contributed by atoms with E-state index in [2.05, 4.69) is 10.6 Å². The number of nitrogens with zero attached hydrogens (tertiary/aromatic N) is 1. The Balaban J connectivity index is 0.00000320.